The van der Waals surface area contributed by atoms with Crippen LogP contribution < -0.4 is 33.0 Å². The molecule has 15 heteroatoms. The van der Waals surface area contributed by atoms with Gasteiger partial charge in [0.25, 0.3) is 16.8 Å². The van der Waals surface area contributed by atoms with Crippen LogP contribution in [0.2, 0.25) is 0 Å². The van der Waals surface area contributed by atoms with Gasteiger partial charge in [-0.2, -0.15) is 0 Å². The zero-order valence-electron chi connectivity index (χ0n) is 26.1. The van der Waals surface area contributed by atoms with E-state index in [4.69, 9.17) is 16.2 Å². The summed E-state index contributed by atoms with van der Waals surface area (Å²) in [5.41, 5.74) is 11.5. The molecule has 2 bridgehead atoms. The van der Waals surface area contributed by atoms with Crippen LogP contribution in [-0.2, 0) is 16.1 Å². The molecule has 2 heterocycles. The van der Waals surface area contributed by atoms with E-state index in [0.29, 0.717) is 23.3 Å². The SMILES string of the molecule is C.CCOC(=O)C12CCC(C(C)N)(CC1)CC2.Cl.Nc1c(Nc2cccc(CNC(=O)c3cc(C(=O)O)n4cncc4n3)c2)c(=O)c1=O. The Morgan fingerprint density at radius 1 is 1.08 bits per heavy atom. The summed E-state index contributed by atoms with van der Waals surface area (Å²) in [7, 11) is 0. The van der Waals surface area contributed by atoms with Gasteiger partial charge in [-0.05, 0) is 75.5 Å². The highest BCUT2D eigenvalue weighted by Crippen LogP contribution is 2.58. The van der Waals surface area contributed by atoms with Crippen LogP contribution in [0.25, 0.3) is 5.65 Å². The lowest BCUT2D eigenvalue weighted by molar-refractivity contribution is -0.166. The average molecular weight is 684 g/mol. The lowest BCUT2D eigenvalue weighted by Crippen LogP contribution is -2.52. The number of anilines is 3. The predicted molar refractivity (Wildman–Crippen MR) is 183 cm³/mol. The minimum atomic E-state index is -1.22. The molecule has 0 saturated heterocycles. The molecular formula is C33H42ClN7O7. The number of benzene rings is 1. The molecule has 48 heavy (non-hydrogen) atoms. The standard InChI is InChI=1S/C19H14N6O5.C13H23NO2.CH4.ClH/c20-14-15(17(27)16(14)26)23-10-3-1-2-9(4-10)6-22-18(28)11-5-12(19(29)30)25-8-21-7-13(25)24-11;1-3-16-11(15)13-7-4-12(5-8-13,6-9-13)10(2)14;;/h1-5,7-8,23H,6,20H2,(H,22,28)(H,29,30);10H,3-9,14H2,1-2H3;1H4;1H. The van der Waals surface area contributed by atoms with E-state index in [9.17, 15) is 29.1 Å². The van der Waals surface area contributed by atoms with Gasteiger partial charge in [0, 0.05) is 24.3 Å². The zero-order chi connectivity index (χ0) is 33.2. The van der Waals surface area contributed by atoms with Gasteiger partial charge in [-0.15, -0.1) is 12.4 Å². The number of amides is 1. The summed E-state index contributed by atoms with van der Waals surface area (Å²) in [4.78, 5) is 66.6. The van der Waals surface area contributed by atoms with Crippen LogP contribution in [0.4, 0.5) is 17.1 Å². The second kappa shape index (κ2) is 14.9. The highest BCUT2D eigenvalue weighted by molar-refractivity contribution is 5.96. The number of nitrogens with two attached hydrogens (primary N) is 2. The Labute approximate surface area is 283 Å². The number of imidazole rings is 1. The van der Waals surface area contributed by atoms with Crippen LogP contribution >= 0.6 is 12.4 Å². The molecule has 2 aromatic heterocycles. The van der Waals surface area contributed by atoms with Gasteiger partial charge in [-0.25, -0.2) is 14.8 Å². The van der Waals surface area contributed by atoms with Gasteiger partial charge in [0.15, 0.2) is 5.65 Å². The van der Waals surface area contributed by atoms with Crippen LogP contribution in [0, 0.1) is 10.8 Å². The monoisotopic (exact) mass is 683 g/mol. The molecule has 1 amide bonds. The van der Waals surface area contributed by atoms with Crippen molar-refractivity contribution in [2.45, 2.75) is 72.4 Å². The molecule has 1 atom stereocenters. The molecule has 0 spiro atoms. The smallest absolute Gasteiger partial charge is 0.353 e. The predicted octanol–water partition coefficient (Wildman–Crippen LogP) is 3.57. The lowest BCUT2D eigenvalue weighted by Gasteiger charge is -2.53. The Morgan fingerprint density at radius 2 is 1.75 bits per heavy atom. The Morgan fingerprint density at radius 3 is 2.33 bits per heavy atom. The molecule has 7 N–H and O–H groups in total. The average Bonchev–Trinajstić information content (AvgIpc) is 3.55. The first-order valence-corrected chi connectivity index (χ1v) is 15.1. The lowest BCUT2D eigenvalue weighted by atomic mass is 9.52. The number of nitrogen functional groups attached to an aromatic ring is 1. The molecule has 7 rings (SSSR count). The van der Waals surface area contributed by atoms with E-state index in [-0.39, 0.29) is 72.2 Å². The molecule has 3 aliphatic carbocycles. The van der Waals surface area contributed by atoms with E-state index in [1.54, 1.807) is 24.3 Å². The van der Waals surface area contributed by atoms with Crippen molar-refractivity contribution < 1.29 is 24.2 Å². The number of halogens is 1. The fourth-order valence-corrected chi connectivity index (χ4v) is 6.39. The second-order valence-electron chi connectivity index (χ2n) is 12.1. The third kappa shape index (κ3) is 7.19. The molecular weight excluding hydrogens is 642 g/mol. The summed E-state index contributed by atoms with van der Waals surface area (Å²) in [6.45, 7) is 4.61. The number of nitrogens with zero attached hydrogens (tertiary/aromatic N) is 3. The minimum Gasteiger partial charge on any atom is -0.477 e. The number of hydrogen-bond donors (Lipinski definition) is 5. The van der Waals surface area contributed by atoms with E-state index in [1.807, 2.05) is 6.92 Å². The molecule has 1 unspecified atom stereocenters. The van der Waals surface area contributed by atoms with Gasteiger partial charge in [-0.3, -0.25) is 23.6 Å². The highest BCUT2D eigenvalue weighted by Gasteiger charge is 2.54. The number of fused-ring (bicyclic) bond motifs is 4. The van der Waals surface area contributed by atoms with Crippen molar-refractivity contribution in [1.29, 1.82) is 0 Å². The fourth-order valence-electron chi connectivity index (χ4n) is 6.39. The number of carbonyl (C=O) groups is 3. The maximum Gasteiger partial charge on any atom is 0.353 e. The largest absolute Gasteiger partial charge is 0.477 e. The normalized spacial score (nSPS) is 20.0. The van der Waals surface area contributed by atoms with Crippen molar-refractivity contribution in [3.8, 4) is 0 Å². The molecule has 3 fully saturated rings. The zero-order valence-corrected chi connectivity index (χ0v) is 26.9. The molecule has 2 aromatic carbocycles. The third-order valence-corrected chi connectivity index (χ3v) is 9.41. The highest BCUT2D eigenvalue weighted by atomic mass is 35.5. The topological polar surface area (TPSA) is 221 Å². The number of ether oxygens (including phenoxy) is 1. The van der Waals surface area contributed by atoms with Crippen molar-refractivity contribution in [2.75, 3.05) is 17.7 Å². The molecule has 0 aliphatic heterocycles. The van der Waals surface area contributed by atoms with Crippen LogP contribution in [0.5, 0.6) is 0 Å². The second-order valence-corrected chi connectivity index (χ2v) is 12.1. The number of carboxylic acids is 1. The number of hydrogen-bond acceptors (Lipinski definition) is 11. The Hall–Kier alpha value is -4.82. The van der Waals surface area contributed by atoms with Gasteiger partial charge >= 0.3 is 11.9 Å². The molecule has 4 aromatic rings. The number of aromatic carboxylic acids is 1. The number of nitrogens with one attached hydrogen (secondary N) is 2. The molecule has 3 aliphatic rings. The van der Waals surface area contributed by atoms with E-state index in [2.05, 4.69) is 27.5 Å². The van der Waals surface area contributed by atoms with Crippen molar-refractivity contribution in [1.82, 2.24) is 19.7 Å². The van der Waals surface area contributed by atoms with Crippen molar-refractivity contribution in [3.63, 3.8) is 0 Å². The maximum absolute atomic E-state index is 12.5. The van der Waals surface area contributed by atoms with Crippen LogP contribution in [0.15, 0.2) is 52.4 Å². The molecule has 0 radical (unpaired) electrons. The summed E-state index contributed by atoms with van der Waals surface area (Å²) in [6.07, 6.45) is 8.89. The van der Waals surface area contributed by atoms with Crippen LogP contribution in [-0.4, -0.2) is 50.0 Å². The molecule has 258 valence electrons. The number of carboxylic acid groups (broad SMARTS) is 1. The number of esters is 1. The number of aromatic nitrogens is 3. The summed E-state index contributed by atoms with van der Waals surface area (Å²) in [5, 5.41) is 14.8. The van der Waals surface area contributed by atoms with E-state index in [0.717, 1.165) is 38.5 Å². The summed E-state index contributed by atoms with van der Waals surface area (Å²) < 4.78 is 6.49. The summed E-state index contributed by atoms with van der Waals surface area (Å²) >= 11 is 0. The van der Waals surface area contributed by atoms with Gasteiger partial charge in [0.05, 0.1) is 18.2 Å². The quantitative estimate of drug-likeness (QED) is 0.126. The summed E-state index contributed by atoms with van der Waals surface area (Å²) in [6, 6.07) is 8.22. The van der Waals surface area contributed by atoms with E-state index >= 15 is 0 Å². The number of rotatable bonds is 9. The fraction of sp³-hybridized carbons (Fsp3) is 0.424. The van der Waals surface area contributed by atoms with Gasteiger partial charge in [0.2, 0.25) is 0 Å². The molecule has 3 saturated carbocycles. The van der Waals surface area contributed by atoms with Crippen LogP contribution in [0.1, 0.15) is 86.3 Å². The van der Waals surface area contributed by atoms with Crippen molar-refractivity contribution in [3.05, 3.63) is 80.3 Å². The maximum atomic E-state index is 12.5. The van der Waals surface area contributed by atoms with Crippen molar-refractivity contribution in [2.24, 2.45) is 16.6 Å². The van der Waals surface area contributed by atoms with Crippen molar-refractivity contribution >= 4 is 53.0 Å². The first-order chi connectivity index (χ1) is 21.9. The number of carbonyl (C=O) groups excluding carboxylic acids is 2. The first kappa shape index (κ1) is 37.6. The van der Waals surface area contributed by atoms with Gasteiger partial charge in [0.1, 0.15) is 29.1 Å². The van der Waals surface area contributed by atoms with E-state index in [1.165, 1.54) is 23.0 Å². The Balaban J connectivity index is 0.000000296. The Bertz CT molecular complexity index is 1860. The first-order valence-electron chi connectivity index (χ1n) is 15.1. The van der Waals surface area contributed by atoms with E-state index < -0.39 is 22.7 Å². The third-order valence-electron chi connectivity index (χ3n) is 9.41. The molecule has 14 nitrogen and oxygen atoms in total. The van der Waals surface area contributed by atoms with Crippen LogP contribution in [0.3, 0.4) is 0 Å². The van der Waals surface area contributed by atoms with Gasteiger partial charge < -0.3 is 31.9 Å². The Kier molecular flexibility index (Phi) is 11.7. The minimum absolute atomic E-state index is 0. The summed E-state index contributed by atoms with van der Waals surface area (Å²) in [5.74, 6) is -1.75. The van der Waals surface area contributed by atoms with Gasteiger partial charge in [-0.1, -0.05) is 19.6 Å².